The summed E-state index contributed by atoms with van der Waals surface area (Å²) in [6, 6.07) is -0.120. The highest BCUT2D eigenvalue weighted by Crippen LogP contribution is 2.19. The van der Waals surface area contributed by atoms with E-state index in [1.54, 1.807) is 4.90 Å². The van der Waals surface area contributed by atoms with Crippen molar-refractivity contribution < 1.29 is 13.2 Å². The zero-order chi connectivity index (χ0) is 12.9. The molecular weight excluding hydrogens is 276 g/mol. The minimum atomic E-state index is -2.93. The van der Waals surface area contributed by atoms with Crippen molar-refractivity contribution in [1.29, 1.82) is 0 Å². The van der Waals surface area contributed by atoms with Crippen LogP contribution in [0.5, 0.6) is 0 Å². The van der Waals surface area contributed by atoms with Crippen molar-refractivity contribution in [3.63, 3.8) is 0 Å². The van der Waals surface area contributed by atoms with Gasteiger partial charge in [-0.1, -0.05) is 6.92 Å². The molecule has 0 aromatic heterocycles. The van der Waals surface area contributed by atoms with Crippen LogP contribution in [-0.2, 0) is 14.6 Å². The third-order valence-corrected chi connectivity index (χ3v) is 4.78. The van der Waals surface area contributed by atoms with Gasteiger partial charge < -0.3 is 10.6 Å². The summed E-state index contributed by atoms with van der Waals surface area (Å²) >= 11 is 0. The van der Waals surface area contributed by atoms with Crippen molar-refractivity contribution in [3.8, 4) is 0 Å². The number of amides is 1. The molecule has 0 aromatic rings. The van der Waals surface area contributed by atoms with Gasteiger partial charge in [-0.3, -0.25) is 4.79 Å². The van der Waals surface area contributed by atoms with Crippen LogP contribution >= 0.6 is 12.4 Å². The van der Waals surface area contributed by atoms with Crippen LogP contribution in [0.2, 0.25) is 0 Å². The van der Waals surface area contributed by atoms with E-state index in [1.807, 2.05) is 6.92 Å². The Morgan fingerprint density at radius 3 is 2.56 bits per heavy atom. The fraction of sp³-hybridized carbons (Fsp3) is 0.909. The maximum absolute atomic E-state index is 12.0. The van der Waals surface area contributed by atoms with Gasteiger partial charge in [0, 0.05) is 19.0 Å². The largest absolute Gasteiger partial charge is 0.339 e. The van der Waals surface area contributed by atoms with Crippen LogP contribution in [0.3, 0.4) is 0 Å². The van der Waals surface area contributed by atoms with E-state index in [0.29, 0.717) is 32.4 Å². The first-order chi connectivity index (χ1) is 8.00. The standard InChI is InChI=1S/C11H22N2O3S.ClH/c1-2-7-13(11(14)4-3-6-12)10-5-8-17(15,16)9-10;/h10H,2-9,12H2,1H3;1H. The molecule has 0 aliphatic carbocycles. The molecule has 5 nitrogen and oxygen atoms in total. The van der Waals surface area contributed by atoms with Crippen molar-refractivity contribution in [2.75, 3.05) is 24.6 Å². The number of carbonyl (C=O) groups excluding carboxylic acids is 1. The summed E-state index contributed by atoms with van der Waals surface area (Å²) < 4.78 is 22.9. The molecule has 1 aliphatic heterocycles. The second kappa shape index (κ2) is 7.96. The first-order valence-electron chi connectivity index (χ1n) is 6.20. The predicted molar refractivity (Wildman–Crippen MR) is 74.6 cm³/mol. The van der Waals surface area contributed by atoms with E-state index in [1.165, 1.54) is 0 Å². The van der Waals surface area contributed by atoms with Gasteiger partial charge in [0.1, 0.15) is 0 Å². The monoisotopic (exact) mass is 298 g/mol. The van der Waals surface area contributed by atoms with Crippen LogP contribution in [-0.4, -0.2) is 49.9 Å². The fourth-order valence-corrected chi connectivity index (χ4v) is 3.90. The molecule has 2 N–H and O–H groups in total. The van der Waals surface area contributed by atoms with Gasteiger partial charge in [-0.05, 0) is 25.8 Å². The van der Waals surface area contributed by atoms with Crippen molar-refractivity contribution in [2.45, 2.75) is 38.6 Å². The summed E-state index contributed by atoms with van der Waals surface area (Å²) in [5.41, 5.74) is 5.38. The van der Waals surface area contributed by atoms with E-state index >= 15 is 0 Å². The molecule has 108 valence electrons. The lowest BCUT2D eigenvalue weighted by Crippen LogP contribution is -2.41. The second-order valence-electron chi connectivity index (χ2n) is 4.54. The molecule has 0 bridgehead atoms. The Bertz CT molecular complexity index is 359. The van der Waals surface area contributed by atoms with E-state index in [0.717, 1.165) is 6.42 Å². The molecule has 1 heterocycles. The van der Waals surface area contributed by atoms with E-state index < -0.39 is 9.84 Å². The summed E-state index contributed by atoms with van der Waals surface area (Å²) in [6.45, 7) is 3.13. The van der Waals surface area contributed by atoms with Gasteiger partial charge in [0.15, 0.2) is 9.84 Å². The zero-order valence-corrected chi connectivity index (χ0v) is 12.4. The smallest absolute Gasteiger partial charge is 0.222 e. The Balaban J connectivity index is 0.00000289. The highest BCUT2D eigenvalue weighted by atomic mass is 35.5. The summed E-state index contributed by atoms with van der Waals surface area (Å²) in [7, 11) is -2.93. The Labute approximate surface area is 115 Å². The van der Waals surface area contributed by atoms with Gasteiger partial charge in [0.05, 0.1) is 11.5 Å². The van der Waals surface area contributed by atoms with Crippen LogP contribution in [0.1, 0.15) is 32.6 Å². The van der Waals surface area contributed by atoms with Gasteiger partial charge in [-0.2, -0.15) is 0 Å². The van der Waals surface area contributed by atoms with E-state index in [-0.39, 0.29) is 35.9 Å². The Kier molecular flexibility index (Phi) is 7.82. The summed E-state index contributed by atoms with van der Waals surface area (Å²) in [5.74, 6) is 0.378. The van der Waals surface area contributed by atoms with Gasteiger partial charge in [0.2, 0.25) is 5.91 Å². The maximum Gasteiger partial charge on any atom is 0.222 e. The van der Waals surface area contributed by atoms with Gasteiger partial charge in [-0.25, -0.2) is 8.42 Å². The minimum Gasteiger partial charge on any atom is -0.339 e. The zero-order valence-electron chi connectivity index (χ0n) is 10.8. The van der Waals surface area contributed by atoms with Crippen molar-refractivity contribution in [1.82, 2.24) is 4.90 Å². The lowest BCUT2D eigenvalue weighted by Gasteiger charge is -2.28. The molecule has 1 amide bonds. The molecule has 1 rings (SSSR count). The molecule has 1 unspecified atom stereocenters. The molecular formula is C11H23ClN2O3S. The minimum absolute atomic E-state index is 0. The van der Waals surface area contributed by atoms with Gasteiger partial charge in [-0.15, -0.1) is 12.4 Å². The van der Waals surface area contributed by atoms with E-state index in [9.17, 15) is 13.2 Å². The quantitative estimate of drug-likeness (QED) is 0.777. The third-order valence-electron chi connectivity index (χ3n) is 3.03. The van der Waals surface area contributed by atoms with Crippen molar-refractivity contribution in [2.24, 2.45) is 5.73 Å². The number of halogens is 1. The molecule has 0 radical (unpaired) electrons. The normalized spacial score (nSPS) is 21.3. The van der Waals surface area contributed by atoms with E-state index in [4.69, 9.17) is 5.73 Å². The molecule has 0 spiro atoms. The molecule has 1 aliphatic rings. The predicted octanol–water partition coefficient (Wildman–Crippen LogP) is 0.573. The first kappa shape index (κ1) is 17.7. The molecule has 18 heavy (non-hydrogen) atoms. The second-order valence-corrected chi connectivity index (χ2v) is 6.76. The summed E-state index contributed by atoms with van der Waals surface area (Å²) in [4.78, 5) is 13.7. The number of hydrogen-bond donors (Lipinski definition) is 1. The average molecular weight is 299 g/mol. The van der Waals surface area contributed by atoms with Crippen molar-refractivity contribution in [3.05, 3.63) is 0 Å². The molecule has 1 fully saturated rings. The van der Waals surface area contributed by atoms with Crippen molar-refractivity contribution >= 4 is 28.2 Å². The molecule has 1 atom stereocenters. The summed E-state index contributed by atoms with van der Waals surface area (Å²) in [6.07, 6.45) is 2.52. The van der Waals surface area contributed by atoms with E-state index in [2.05, 4.69) is 0 Å². The lowest BCUT2D eigenvalue weighted by atomic mass is 10.1. The van der Waals surface area contributed by atoms with Crippen LogP contribution in [0.25, 0.3) is 0 Å². The number of nitrogens with zero attached hydrogens (tertiary/aromatic N) is 1. The number of hydrogen-bond acceptors (Lipinski definition) is 4. The average Bonchev–Trinajstić information content (AvgIpc) is 2.63. The van der Waals surface area contributed by atoms with Crippen LogP contribution in [0.4, 0.5) is 0 Å². The van der Waals surface area contributed by atoms with Crippen LogP contribution < -0.4 is 5.73 Å². The maximum atomic E-state index is 12.0. The van der Waals surface area contributed by atoms with Crippen LogP contribution in [0.15, 0.2) is 0 Å². The number of sulfone groups is 1. The number of rotatable bonds is 6. The molecule has 1 saturated heterocycles. The van der Waals surface area contributed by atoms with Crippen LogP contribution in [0, 0.1) is 0 Å². The lowest BCUT2D eigenvalue weighted by molar-refractivity contribution is -0.133. The highest BCUT2D eigenvalue weighted by molar-refractivity contribution is 7.91. The topological polar surface area (TPSA) is 80.5 Å². The fourth-order valence-electron chi connectivity index (χ4n) is 2.17. The SMILES string of the molecule is CCCN(C(=O)CCCN)C1CCS(=O)(=O)C1.Cl. The molecule has 7 heteroatoms. The number of nitrogens with two attached hydrogens (primary N) is 1. The third kappa shape index (κ3) is 5.12. The van der Waals surface area contributed by atoms with Gasteiger partial charge >= 0.3 is 0 Å². The number of carbonyl (C=O) groups is 1. The van der Waals surface area contributed by atoms with Gasteiger partial charge in [0.25, 0.3) is 0 Å². The molecule has 0 saturated carbocycles. The molecule has 0 aromatic carbocycles. The Hall–Kier alpha value is -0.330. The Morgan fingerprint density at radius 2 is 2.11 bits per heavy atom. The summed E-state index contributed by atoms with van der Waals surface area (Å²) in [5, 5.41) is 0. The first-order valence-corrected chi connectivity index (χ1v) is 8.02. The highest BCUT2D eigenvalue weighted by Gasteiger charge is 2.33. The Morgan fingerprint density at radius 1 is 1.44 bits per heavy atom.